The number of carboxylic acids is 1. The molecule has 0 aromatic heterocycles. The minimum Gasteiger partial charge on any atom is -0.480 e. The van der Waals surface area contributed by atoms with Gasteiger partial charge >= 0.3 is 12.0 Å². The van der Waals surface area contributed by atoms with Gasteiger partial charge in [-0.1, -0.05) is 11.6 Å². The molecule has 20 heavy (non-hydrogen) atoms. The highest BCUT2D eigenvalue weighted by molar-refractivity contribution is 7.90. The number of nitrogens with zero attached hydrogens (tertiary/aromatic N) is 1. The van der Waals surface area contributed by atoms with Gasteiger partial charge in [-0.15, -0.1) is 0 Å². The molecule has 0 bridgehead atoms. The molecule has 1 heterocycles. The van der Waals surface area contributed by atoms with Crippen molar-refractivity contribution in [3.8, 4) is 0 Å². The monoisotopic (exact) mass is 304 g/mol. The highest BCUT2D eigenvalue weighted by Gasteiger charge is 2.25. The quantitative estimate of drug-likeness (QED) is 0.708. The number of hydrogen-bond donors (Lipinski definition) is 2. The number of carbonyl (C=O) groups excluding carboxylic acids is 1. The molecule has 7 nitrogen and oxygen atoms in total. The zero-order valence-corrected chi connectivity index (χ0v) is 12.4. The van der Waals surface area contributed by atoms with Crippen LogP contribution in [0.5, 0.6) is 0 Å². The van der Waals surface area contributed by atoms with Crippen LogP contribution in [0.25, 0.3) is 0 Å². The SMILES string of the molecule is CC1=CCCN(C(=O)NC(CCS(C)(=O)=O)C(=O)O)C1. The van der Waals surface area contributed by atoms with E-state index in [1.165, 1.54) is 4.90 Å². The summed E-state index contributed by atoms with van der Waals surface area (Å²) in [6, 6.07) is -1.67. The van der Waals surface area contributed by atoms with Gasteiger partial charge in [-0.2, -0.15) is 0 Å². The van der Waals surface area contributed by atoms with Crippen molar-refractivity contribution >= 4 is 21.8 Å². The van der Waals surface area contributed by atoms with E-state index in [-0.39, 0.29) is 12.2 Å². The van der Waals surface area contributed by atoms with E-state index in [0.29, 0.717) is 13.1 Å². The largest absolute Gasteiger partial charge is 0.480 e. The van der Waals surface area contributed by atoms with E-state index in [1.807, 2.05) is 13.0 Å². The van der Waals surface area contributed by atoms with Crippen LogP contribution in [0.15, 0.2) is 11.6 Å². The Kier molecular flexibility index (Phi) is 5.55. The predicted molar refractivity (Wildman–Crippen MR) is 74.2 cm³/mol. The first-order valence-electron chi connectivity index (χ1n) is 6.30. The molecule has 1 aliphatic rings. The number of carboxylic acid groups (broad SMARTS) is 1. The number of hydrogen-bond acceptors (Lipinski definition) is 4. The zero-order chi connectivity index (χ0) is 15.3. The molecule has 0 aliphatic carbocycles. The molecule has 0 fully saturated rings. The van der Waals surface area contributed by atoms with Crippen molar-refractivity contribution in [2.45, 2.75) is 25.8 Å². The number of sulfone groups is 1. The zero-order valence-electron chi connectivity index (χ0n) is 11.6. The van der Waals surface area contributed by atoms with E-state index in [2.05, 4.69) is 5.32 Å². The second-order valence-electron chi connectivity index (χ2n) is 5.02. The fourth-order valence-corrected chi connectivity index (χ4v) is 2.58. The number of urea groups is 1. The van der Waals surface area contributed by atoms with Crippen molar-refractivity contribution in [1.82, 2.24) is 10.2 Å². The van der Waals surface area contributed by atoms with E-state index >= 15 is 0 Å². The Balaban J connectivity index is 2.59. The van der Waals surface area contributed by atoms with E-state index in [0.717, 1.165) is 18.2 Å². The summed E-state index contributed by atoms with van der Waals surface area (Å²) in [6.07, 6.45) is 3.66. The van der Waals surface area contributed by atoms with Crippen molar-refractivity contribution in [3.05, 3.63) is 11.6 Å². The van der Waals surface area contributed by atoms with Crippen molar-refractivity contribution in [2.75, 3.05) is 25.1 Å². The summed E-state index contributed by atoms with van der Waals surface area (Å²) in [6.45, 7) is 2.89. The van der Waals surface area contributed by atoms with Crippen LogP contribution in [0.4, 0.5) is 4.79 Å². The summed E-state index contributed by atoms with van der Waals surface area (Å²) >= 11 is 0. The Labute approximate surface area is 118 Å². The summed E-state index contributed by atoms with van der Waals surface area (Å²) in [4.78, 5) is 24.5. The molecular formula is C12H20N2O5S. The number of aliphatic carboxylic acids is 1. The van der Waals surface area contributed by atoms with Crippen molar-refractivity contribution < 1.29 is 23.1 Å². The van der Waals surface area contributed by atoms with Crippen LogP contribution in [0.1, 0.15) is 19.8 Å². The standard InChI is InChI=1S/C12H20N2O5S/c1-9-4-3-6-14(8-9)12(17)13-10(11(15)16)5-7-20(2,18)19/h4,10H,3,5-8H2,1-2H3,(H,13,17)(H,15,16). The van der Waals surface area contributed by atoms with Gasteiger partial charge in [-0.05, 0) is 19.8 Å². The van der Waals surface area contributed by atoms with Gasteiger partial charge < -0.3 is 15.3 Å². The van der Waals surface area contributed by atoms with E-state index in [4.69, 9.17) is 5.11 Å². The summed E-state index contributed by atoms with van der Waals surface area (Å²) in [5, 5.41) is 11.4. The van der Waals surface area contributed by atoms with Crippen LogP contribution in [-0.4, -0.2) is 61.6 Å². The molecule has 0 aromatic rings. The lowest BCUT2D eigenvalue weighted by Gasteiger charge is -2.27. The molecule has 0 saturated heterocycles. The highest BCUT2D eigenvalue weighted by atomic mass is 32.2. The van der Waals surface area contributed by atoms with Gasteiger partial charge in [-0.25, -0.2) is 18.0 Å². The third-order valence-electron chi connectivity index (χ3n) is 2.99. The number of amides is 2. The normalized spacial score (nSPS) is 17.3. The lowest BCUT2D eigenvalue weighted by atomic mass is 10.1. The van der Waals surface area contributed by atoms with Crippen LogP contribution >= 0.6 is 0 Å². The molecule has 2 N–H and O–H groups in total. The molecule has 0 saturated carbocycles. The molecule has 1 unspecified atom stereocenters. The molecule has 1 atom stereocenters. The summed E-state index contributed by atoms with van der Waals surface area (Å²) < 4.78 is 22.1. The molecule has 2 amide bonds. The van der Waals surface area contributed by atoms with Gasteiger partial charge in [0.25, 0.3) is 0 Å². The van der Waals surface area contributed by atoms with Crippen LogP contribution in [0.2, 0.25) is 0 Å². The Bertz CT molecular complexity index is 512. The van der Waals surface area contributed by atoms with E-state index in [9.17, 15) is 18.0 Å². The van der Waals surface area contributed by atoms with Gasteiger partial charge in [0.15, 0.2) is 0 Å². The van der Waals surface area contributed by atoms with Crippen molar-refractivity contribution in [3.63, 3.8) is 0 Å². The smallest absolute Gasteiger partial charge is 0.326 e. The molecular weight excluding hydrogens is 284 g/mol. The summed E-state index contributed by atoms with van der Waals surface area (Å²) in [7, 11) is -3.26. The first-order chi connectivity index (χ1) is 9.19. The summed E-state index contributed by atoms with van der Waals surface area (Å²) in [5.74, 6) is -1.50. The minimum atomic E-state index is -3.26. The van der Waals surface area contributed by atoms with E-state index < -0.39 is 27.9 Å². The van der Waals surface area contributed by atoms with Gasteiger partial charge in [-0.3, -0.25) is 0 Å². The molecule has 0 aromatic carbocycles. The van der Waals surface area contributed by atoms with Crippen molar-refractivity contribution in [1.29, 1.82) is 0 Å². The molecule has 114 valence electrons. The highest BCUT2D eigenvalue weighted by Crippen LogP contribution is 2.09. The number of nitrogens with one attached hydrogen (secondary N) is 1. The first kappa shape index (κ1) is 16.5. The topological polar surface area (TPSA) is 104 Å². The van der Waals surface area contributed by atoms with Gasteiger partial charge in [0, 0.05) is 19.3 Å². The van der Waals surface area contributed by atoms with Crippen LogP contribution in [-0.2, 0) is 14.6 Å². The Morgan fingerprint density at radius 1 is 1.50 bits per heavy atom. The molecule has 1 aliphatic heterocycles. The summed E-state index contributed by atoms with van der Waals surface area (Å²) in [5.41, 5.74) is 1.05. The maximum atomic E-state index is 12.0. The first-order valence-corrected chi connectivity index (χ1v) is 8.36. The van der Waals surface area contributed by atoms with E-state index in [1.54, 1.807) is 0 Å². The van der Waals surface area contributed by atoms with Gasteiger partial charge in [0.1, 0.15) is 15.9 Å². The molecule has 1 rings (SSSR count). The lowest BCUT2D eigenvalue weighted by Crippen LogP contribution is -2.49. The fourth-order valence-electron chi connectivity index (χ4n) is 1.91. The van der Waals surface area contributed by atoms with Gasteiger partial charge in [0.05, 0.1) is 5.75 Å². The molecule has 0 radical (unpaired) electrons. The third kappa shape index (κ3) is 5.60. The maximum Gasteiger partial charge on any atom is 0.326 e. The fraction of sp³-hybridized carbons (Fsp3) is 0.667. The molecule has 8 heteroatoms. The Morgan fingerprint density at radius 2 is 2.15 bits per heavy atom. The second kappa shape index (κ2) is 6.74. The van der Waals surface area contributed by atoms with Crippen molar-refractivity contribution in [2.24, 2.45) is 0 Å². The second-order valence-corrected chi connectivity index (χ2v) is 7.28. The lowest BCUT2D eigenvalue weighted by molar-refractivity contribution is -0.139. The van der Waals surface area contributed by atoms with Crippen LogP contribution < -0.4 is 5.32 Å². The minimum absolute atomic E-state index is 0.136. The van der Waals surface area contributed by atoms with Crippen LogP contribution in [0.3, 0.4) is 0 Å². The number of rotatable bonds is 5. The molecule has 0 spiro atoms. The Morgan fingerprint density at radius 3 is 2.65 bits per heavy atom. The average molecular weight is 304 g/mol. The van der Waals surface area contributed by atoms with Gasteiger partial charge in [0.2, 0.25) is 0 Å². The Hall–Kier alpha value is -1.57. The maximum absolute atomic E-state index is 12.0. The average Bonchev–Trinajstić information content (AvgIpc) is 2.32. The van der Waals surface area contributed by atoms with Crippen LogP contribution in [0, 0.1) is 0 Å². The third-order valence-corrected chi connectivity index (χ3v) is 3.97. The number of carbonyl (C=O) groups is 2. The predicted octanol–water partition coefficient (Wildman–Crippen LogP) is 0.236.